The normalized spacial score (nSPS) is 10.3. The maximum Gasteiger partial charge on any atom is 0.0551 e. The van der Waals surface area contributed by atoms with Gasteiger partial charge in [0.1, 0.15) is 0 Å². The van der Waals surface area contributed by atoms with Crippen molar-refractivity contribution in [1.29, 1.82) is 0 Å². The smallest absolute Gasteiger partial charge is 0.0551 e. The molecule has 2 N–H and O–H groups in total. The fourth-order valence-electron chi connectivity index (χ4n) is 1.75. The Bertz CT molecular complexity index is 410. The summed E-state index contributed by atoms with van der Waals surface area (Å²) in [6.45, 7) is 5.10. The van der Waals surface area contributed by atoms with Crippen LogP contribution in [-0.4, -0.2) is 4.98 Å². The van der Waals surface area contributed by atoms with E-state index in [4.69, 9.17) is 0 Å². The molecule has 1 heterocycles. The number of aromatic amines is 1. The summed E-state index contributed by atoms with van der Waals surface area (Å²) in [4.78, 5) is 3.18. The second-order valence-corrected chi connectivity index (χ2v) is 3.82. The van der Waals surface area contributed by atoms with Crippen LogP contribution in [0.3, 0.4) is 0 Å². The lowest BCUT2D eigenvalue weighted by Gasteiger charge is -2.11. The Kier molecular flexibility index (Phi) is 2.77. The molecule has 2 nitrogen and oxygen atoms in total. The van der Waals surface area contributed by atoms with Crippen LogP contribution in [0.5, 0.6) is 0 Å². The van der Waals surface area contributed by atoms with Crippen LogP contribution in [0.15, 0.2) is 36.5 Å². The van der Waals surface area contributed by atoms with Crippen molar-refractivity contribution in [2.24, 2.45) is 0 Å². The van der Waals surface area contributed by atoms with Gasteiger partial charge in [-0.25, -0.2) is 0 Å². The van der Waals surface area contributed by atoms with E-state index >= 15 is 0 Å². The fraction of sp³-hybridized carbons (Fsp3) is 0.231. The Morgan fingerprint density at radius 1 is 1.07 bits per heavy atom. The minimum Gasteiger partial charge on any atom is -0.379 e. The highest BCUT2D eigenvalue weighted by Gasteiger charge is 2.01. The summed E-state index contributed by atoms with van der Waals surface area (Å²) in [6, 6.07) is 10.4. The van der Waals surface area contributed by atoms with Gasteiger partial charge in [0.25, 0.3) is 0 Å². The largest absolute Gasteiger partial charge is 0.379 e. The monoisotopic (exact) mass is 200 g/mol. The third-order valence-corrected chi connectivity index (χ3v) is 2.60. The molecule has 2 aromatic rings. The summed E-state index contributed by atoms with van der Waals surface area (Å²) in [5.41, 5.74) is 5.04. The van der Waals surface area contributed by atoms with Crippen molar-refractivity contribution >= 4 is 5.69 Å². The zero-order valence-corrected chi connectivity index (χ0v) is 9.17. The van der Waals surface area contributed by atoms with Crippen molar-refractivity contribution in [2.45, 2.75) is 20.4 Å². The molecule has 1 aromatic heterocycles. The molecule has 78 valence electrons. The molecule has 0 aliphatic rings. The van der Waals surface area contributed by atoms with Gasteiger partial charge in [0.2, 0.25) is 0 Å². The fourth-order valence-corrected chi connectivity index (χ4v) is 1.75. The Hall–Kier alpha value is -1.70. The van der Waals surface area contributed by atoms with Gasteiger partial charge >= 0.3 is 0 Å². The summed E-state index contributed by atoms with van der Waals surface area (Å²) >= 11 is 0. The quantitative estimate of drug-likeness (QED) is 0.782. The average molecular weight is 200 g/mol. The first-order valence-corrected chi connectivity index (χ1v) is 5.20. The van der Waals surface area contributed by atoms with E-state index < -0.39 is 0 Å². The predicted molar refractivity (Wildman–Crippen MR) is 64.0 cm³/mol. The number of benzene rings is 1. The molecule has 0 amide bonds. The number of aromatic nitrogens is 1. The number of nitrogens with one attached hydrogen (secondary N) is 2. The Morgan fingerprint density at radius 3 is 2.40 bits per heavy atom. The molecule has 2 heteroatoms. The molecule has 2 rings (SSSR count). The molecule has 0 saturated heterocycles. The number of hydrogen-bond donors (Lipinski definition) is 2. The molecule has 15 heavy (non-hydrogen) atoms. The van der Waals surface area contributed by atoms with Gasteiger partial charge in [-0.3, -0.25) is 0 Å². The summed E-state index contributed by atoms with van der Waals surface area (Å²) in [7, 11) is 0. The average Bonchev–Trinajstić information content (AvgIpc) is 2.70. The van der Waals surface area contributed by atoms with Gasteiger partial charge in [-0.1, -0.05) is 18.2 Å². The van der Waals surface area contributed by atoms with E-state index in [-0.39, 0.29) is 0 Å². The van der Waals surface area contributed by atoms with Crippen molar-refractivity contribution in [3.63, 3.8) is 0 Å². The van der Waals surface area contributed by atoms with Crippen LogP contribution < -0.4 is 5.32 Å². The van der Waals surface area contributed by atoms with Gasteiger partial charge in [-0.05, 0) is 37.1 Å². The maximum absolute atomic E-state index is 3.45. The van der Waals surface area contributed by atoms with Gasteiger partial charge in [-0.15, -0.1) is 0 Å². The van der Waals surface area contributed by atoms with Crippen LogP contribution in [-0.2, 0) is 6.54 Å². The van der Waals surface area contributed by atoms with Gasteiger partial charge < -0.3 is 10.3 Å². The summed E-state index contributed by atoms with van der Waals surface area (Å²) in [6.07, 6.45) is 1.95. The highest BCUT2D eigenvalue weighted by atomic mass is 14.9. The zero-order valence-electron chi connectivity index (χ0n) is 9.17. The van der Waals surface area contributed by atoms with Crippen LogP contribution in [0.25, 0.3) is 0 Å². The third-order valence-electron chi connectivity index (χ3n) is 2.60. The van der Waals surface area contributed by atoms with Crippen molar-refractivity contribution in [3.05, 3.63) is 53.3 Å². The van der Waals surface area contributed by atoms with Gasteiger partial charge in [-0.2, -0.15) is 0 Å². The summed E-state index contributed by atoms with van der Waals surface area (Å²) < 4.78 is 0. The molecule has 0 bridgehead atoms. The standard InChI is InChI=1S/C13H16N2/c1-10-5-3-6-11(2)13(10)15-9-12-7-4-8-14-12/h3-8,14-15H,9H2,1-2H3. The molecule has 0 spiro atoms. The van der Waals surface area contributed by atoms with Crippen LogP contribution in [0.4, 0.5) is 5.69 Å². The third kappa shape index (κ3) is 2.21. The SMILES string of the molecule is Cc1cccc(C)c1NCc1ccc[nH]1. The molecule has 0 unspecified atom stereocenters. The number of para-hydroxylation sites is 1. The summed E-state index contributed by atoms with van der Waals surface area (Å²) in [5.74, 6) is 0. The second kappa shape index (κ2) is 4.22. The van der Waals surface area contributed by atoms with E-state index in [9.17, 15) is 0 Å². The minimum atomic E-state index is 0.846. The van der Waals surface area contributed by atoms with Crippen LogP contribution in [0.1, 0.15) is 16.8 Å². The minimum absolute atomic E-state index is 0.846. The van der Waals surface area contributed by atoms with Gasteiger partial charge in [0.05, 0.1) is 6.54 Å². The molecule has 1 aromatic carbocycles. The van der Waals surface area contributed by atoms with E-state index in [1.807, 2.05) is 12.3 Å². The highest BCUT2D eigenvalue weighted by molar-refractivity contribution is 5.56. The topological polar surface area (TPSA) is 27.8 Å². The first-order valence-electron chi connectivity index (χ1n) is 5.20. The van der Waals surface area contributed by atoms with Crippen molar-refractivity contribution in [3.8, 4) is 0 Å². The highest BCUT2D eigenvalue weighted by Crippen LogP contribution is 2.19. The van der Waals surface area contributed by atoms with Crippen molar-refractivity contribution in [2.75, 3.05) is 5.32 Å². The van der Waals surface area contributed by atoms with E-state index in [0.29, 0.717) is 0 Å². The Balaban J connectivity index is 2.11. The van der Waals surface area contributed by atoms with Gasteiger partial charge in [0, 0.05) is 17.6 Å². The molecule has 0 fully saturated rings. The van der Waals surface area contributed by atoms with E-state index in [1.165, 1.54) is 22.5 Å². The number of anilines is 1. The van der Waals surface area contributed by atoms with Crippen LogP contribution in [0, 0.1) is 13.8 Å². The van der Waals surface area contributed by atoms with Crippen LogP contribution in [0.2, 0.25) is 0 Å². The molecule has 0 atom stereocenters. The number of rotatable bonds is 3. The molecular formula is C13H16N2. The number of aryl methyl sites for hydroxylation is 2. The van der Waals surface area contributed by atoms with E-state index in [2.05, 4.69) is 48.4 Å². The predicted octanol–water partition coefficient (Wildman–Crippen LogP) is 3.24. The first kappa shape index (κ1) is 9.84. The lowest BCUT2D eigenvalue weighted by Crippen LogP contribution is -2.02. The molecule has 0 saturated carbocycles. The molecule has 0 aliphatic heterocycles. The molecule has 0 aliphatic carbocycles. The Labute approximate surface area is 90.3 Å². The summed E-state index contributed by atoms with van der Waals surface area (Å²) in [5, 5.41) is 3.45. The van der Waals surface area contributed by atoms with Crippen molar-refractivity contribution < 1.29 is 0 Å². The number of hydrogen-bond acceptors (Lipinski definition) is 1. The van der Waals surface area contributed by atoms with Gasteiger partial charge in [0.15, 0.2) is 0 Å². The molecule has 0 radical (unpaired) electrons. The van der Waals surface area contributed by atoms with Crippen molar-refractivity contribution in [1.82, 2.24) is 4.98 Å². The molecular weight excluding hydrogens is 184 g/mol. The maximum atomic E-state index is 3.45. The lowest BCUT2D eigenvalue weighted by atomic mass is 10.1. The number of H-pyrrole nitrogens is 1. The van der Waals surface area contributed by atoms with E-state index in [1.54, 1.807) is 0 Å². The first-order chi connectivity index (χ1) is 7.27. The van der Waals surface area contributed by atoms with Crippen LogP contribution >= 0.6 is 0 Å². The Morgan fingerprint density at radius 2 is 1.80 bits per heavy atom. The lowest BCUT2D eigenvalue weighted by molar-refractivity contribution is 1.06. The second-order valence-electron chi connectivity index (χ2n) is 3.82. The van der Waals surface area contributed by atoms with E-state index in [0.717, 1.165) is 6.54 Å². The zero-order chi connectivity index (χ0) is 10.7.